The van der Waals surface area contributed by atoms with Gasteiger partial charge >= 0.3 is 0 Å². The fourth-order valence-electron chi connectivity index (χ4n) is 1.92. The molecule has 2 heterocycles. The van der Waals surface area contributed by atoms with Crippen molar-refractivity contribution in [2.24, 2.45) is 0 Å². The first kappa shape index (κ1) is 11.9. The Balaban J connectivity index is 2.02. The van der Waals surface area contributed by atoms with Gasteiger partial charge in [0.2, 0.25) is 0 Å². The van der Waals surface area contributed by atoms with Crippen molar-refractivity contribution in [2.45, 2.75) is 32.2 Å². The lowest BCUT2D eigenvalue weighted by atomic mass is 10.3. The van der Waals surface area contributed by atoms with E-state index >= 15 is 0 Å². The summed E-state index contributed by atoms with van der Waals surface area (Å²) >= 11 is 7.43. The van der Waals surface area contributed by atoms with Crippen molar-refractivity contribution in [3.8, 4) is 0 Å². The van der Waals surface area contributed by atoms with E-state index < -0.39 is 0 Å². The second-order valence-corrected chi connectivity index (χ2v) is 5.85. The molecule has 2 aromatic heterocycles. The zero-order valence-corrected chi connectivity index (χ0v) is 11.5. The van der Waals surface area contributed by atoms with E-state index in [2.05, 4.69) is 9.97 Å². The molecule has 1 saturated carbocycles. The Morgan fingerprint density at radius 3 is 2.89 bits per heavy atom. The maximum absolute atomic E-state index is 12.0. The van der Waals surface area contributed by atoms with Gasteiger partial charge in [-0.15, -0.1) is 11.3 Å². The maximum Gasteiger partial charge on any atom is 0.255 e. The van der Waals surface area contributed by atoms with Crippen LogP contribution in [0.25, 0.3) is 0 Å². The fourth-order valence-corrected chi connectivity index (χ4v) is 2.86. The van der Waals surface area contributed by atoms with E-state index in [1.807, 2.05) is 12.3 Å². The average Bonchev–Trinajstić information content (AvgIpc) is 3.06. The summed E-state index contributed by atoms with van der Waals surface area (Å²) in [4.78, 5) is 20.7. The summed E-state index contributed by atoms with van der Waals surface area (Å²) in [5.74, 6) is 1.19. The molecule has 6 heteroatoms. The van der Waals surface area contributed by atoms with Crippen LogP contribution in [0.5, 0.6) is 0 Å². The molecular formula is C12H12ClN3OS. The van der Waals surface area contributed by atoms with Gasteiger partial charge in [-0.3, -0.25) is 9.36 Å². The summed E-state index contributed by atoms with van der Waals surface area (Å²) in [6, 6.07) is 1.37. The lowest BCUT2D eigenvalue weighted by Crippen LogP contribution is -2.24. The van der Waals surface area contributed by atoms with Gasteiger partial charge in [0.15, 0.2) is 0 Å². The van der Waals surface area contributed by atoms with Crippen molar-refractivity contribution in [2.75, 3.05) is 0 Å². The number of aromatic nitrogens is 3. The molecule has 0 bridgehead atoms. The van der Waals surface area contributed by atoms with Crippen molar-refractivity contribution < 1.29 is 0 Å². The molecule has 0 aromatic carbocycles. The molecule has 0 saturated heterocycles. The number of thiazole rings is 1. The Bertz CT molecular complexity index is 645. The SMILES string of the molecule is Cc1csc(Cn2c(C3CC3)nc(Cl)cc2=O)n1. The summed E-state index contributed by atoms with van der Waals surface area (Å²) in [7, 11) is 0. The van der Waals surface area contributed by atoms with Gasteiger partial charge in [0.05, 0.1) is 6.54 Å². The molecule has 3 rings (SSSR count). The molecule has 1 aliphatic carbocycles. The van der Waals surface area contributed by atoms with Crippen LogP contribution in [-0.4, -0.2) is 14.5 Å². The standard InChI is InChI=1S/C12H12ClN3OS/c1-7-6-18-10(14-7)5-16-11(17)4-9(13)15-12(16)8-2-3-8/h4,6,8H,2-3,5H2,1H3. The van der Waals surface area contributed by atoms with E-state index in [-0.39, 0.29) is 10.7 Å². The number of halogens is 1. The Kier molecular flexibility index (Phi) is 2.95. The van der Waals surface area contributed by atoms with Crippen LogP contribution >= 0.6 is 22.9 Å². The van der Waals surface area contributed by atoms with Crippen molar-refractivity contribution in [1.29, 1.82) is 0 Å². The highest BCUT2D eigenvalue weighted by Gasteiger charge is 2.29. The third-order valence-electron chi connectivity index (χ3n) is 2.91. The van der Waals surface area contributed by atoms with Gasteiger partial charge in [-0.2, -0.15) is 0 Å². The highest BCUT2D eigenvalue weighted by Crippen LogP contribution is 2.38. The van der Waals surface area contributed by atoms with Gasteiger partial charge in [-0.05, 0) is 19.8 Å². The van der Waals surface area contributed by atoms with Gasteiger partial charge in [0.25, 0.3) is 5.56 Å². The smallest absolute Gasteiger partial charge is 0.255 e. The van der Waals surface area contributed by atoms with E-state index in [0.717, 1.165) is 29.4 Å². The lowest BCUT2D eigenvalue weighted by Gasteiger charge is -2.09. The first-order chi connectivity index (χ1) is 8.63. The number of hydrogen-bond donors (Lipinski definition) is 0. The number of rotatable bonds is 3. The third-order valence-corrected chi connectivity index (χ3v) is 4.05. The van der Waals surface area contributed by atoms with Crippen LogP contribution < -0.4 is 5.56 Å². The van der Waals surface area contributed by atoms with Gasteiger partial charge in [0, 0.05) is 23.1 Å². The molecule has 94 valence electrons. The van der Waals surface area contributed by atoms with E-state index in [4.69, 9.17) is 11.6 Å². The van der Waals surface area contributed by atoms with E-state index in [0.29, 0.717) is 12.5 Å². The molecule has 1 fully saturated rings. The summed E-state index contributed by atoms with van der Waals surface area (Å²) in [6.07, 6.45) is 2.17. The molecule has 0 atom stereocenters. The Morgan fingerprint density at radius 2 is 2.28 bits per heavy atom. The molecule has 1 aliphatic rings. The number of hydrogen-bond acceptors (Lipinski definition) is 4. The number of aryl methyl sites for hydroxylation is 1. The molecule has 0 amide bonds. The molecular weight excluding hydrogens is 270 g/mol. The quantitative estimate of drug-likeness (QED) is 0.813. The maximum atomic E-state index is 12.0. The van der Waals surface area contributed by atoms with Crippen LogP contribution in [0.3, 0.4) is 0 Å². The van der Waals surface area contributed by atoms with E-state index in [1.165, 1.54) is 6.07 Å². The van der Waals surface area contributed by atoms with Crippen LogP contribution in [0.1, 0.15) is 35.3 Å². The highest BCUT2D eigenvalue weighted by atomic mass is 35.5. The molecule has 18 heavy (non-hydrogen) atoms. The van der Waals surface area contributed by atoms with E-state index in [9.17, 15) is 4.79 Å². The van der Waals surface area contributed by atoms with Gasteiger partial charge in [-0.25, -0.2) is 9.97 Å². The van der Waals surface area contributed by atoms with Crippen molar-refractivity contribution in [3.63, 3.8) is 0 Å². The highest BCUT2D eigenvalue weighted by molar-refractivity contribution is 7.09. The van der Waals surface area contributed by atoms with Crippen LogP contribution in [-0.2, 0) is 6.54 Å². The van der Waals surface area contributed by atoms with Crippen LogP contribution in [0, 0.1) is 6.92 Å². The predicted octanol–water partition coefficient (Wildman–Crippen LogP) is 2.59. The second kappa shape index (κ2) is 4.48. The van der Waals surface area contributed by atoms with Crippen LogP contribution in [0.4, 0.5) is 0 Å². The summed E-state index contributed by atoms with van der Waals surface area (Å²) in [5.41, 5.74) is 0.891. The molecule has 0 unspecified atom stereocenters. The van der Waals surface area contributed by atoms with Crippen molar-refractivity contribution in [3.05, 3.63) is 43.5 Å². The van der Waals surface area contributed by atoms with Gasteiger partial charge in [0.1, 0.15) is 16.0 Å². The predicted molar refractivity (Wildman–Crippen MR) is 71.4 cm³/mol. The second-order valence-electron chi connectivity index (χ2n) is 4.52. The minimum atomic E-state index is -0.0928. The van der Waals surface area contributed by atoms with Gasteiger partial charge < -0.3 is 0 Å². The van der Waals surface area contributed by atoms with Gasteiger partial charge in [-0.1, -0.05) is 11.6 Å². The minimum Gasteiger partial charge on any atom is -0.289 e. The summed E-state index contributed by atoms with van der Waals surface area (Å²) < 4.78 is 1.70. The van der Waals surface area contributed by atoms with E-state index in [1.54, 1.807) is 15.9 Å². The monoisotopic (exact) mass is 281 g/mol. The van der Waals surface area contributed by atoms with Crippen molar-refractivity contribution >= 4 is 22.9 Å². The number of nitrogens with zero attached hydrogens (tertiary/aromatic N) is 3. The molecule has 0 radical (unpaired) electrons. The first-order valence-electron chi connectivity index (χ1n) is 5.82. The molecule has 0 spiro atoms. The summed E-state index contributed by atoms with van der Waals surface area (Å²) in [5, 5.41) is 3.20. The zero-order valence-electron chi connectivity index (χ0n) is 9.89. The minimum absolute atomic E-state index is 0.0928. The van der Waals surface area contributed by atoms with Crippen molar-refractivity contribution in [1.82, 2.24) is 14.5 Å². The topological polar surface area (TPSA) is 47.8 Å². The Morgan fingerprint density at radius 1 is 1.50 bits per heavy atom. The van der Waals surface area contributed by atoms with Crippen LogP contribution in [0.2, 0.25) is 5.15 Å². The molecule has 0 N–H and O–H groups in total. The van der Waals surface area contributed by atoms with Crippen LogP contribution in [0.15, 0.2) is 16.2 Å². The first-order valence-corrected chi connectivity index (χ1v) is 7.07. The third kappa shape index (κ3) is 2.33. The fraction of sp³-hybridized carbons (Fsp3) is 0.417. The molecule has 0 aliphatic heterocycles. The molecule has 2 aromatic rings. The summed E-state index contributed by atoms with van der Waals surface area (Å²) in [6.45, 7) is 2.44. The Hall–Kier alpha value is -1.20. The zero-order chi connectivity index (χ0) is 12.7. The normalized spacial score (nSPS) is 15.0. The lowest BCUT2D eigenvalue weighted by molar-refractivity contribution is 0.666. The Labute approximate surface area is 113 Å². The largest absolute Gasteiger partial charge is 0.289 e. The average molecular weight is 282 g/mol. The molecule has 4 nitrogen and oxygen atoms in total.